The molecule has 2 heterocycles. The first-order chi connectivity index (χ1) is 16.3. The van der Waals surface area contributed by atoms with Crippen LogP contribution in [0.25, 0.3) is 22.4 Å². The quantitative estimate of drug-likeness (QED) is 0.257. The van der Waals surface area contributed by atoms with Crippen molar-refractivity contribution in [3.05, 3.63) is 71.5 Å². The molecule has 9 heteroatoms. The number of carbonyl (C=O) groups is 2. The van der Waals surface area contributed by atoms with E-state index >= 15 is 0 Å². The van der Waals surface area contributed by atoms with Crippen LogP contribution in [-0.4, -0.2) is 33.0 Å². The van der Waals surface area contributed by atoms with Gasteiger partial charge in [-0.05, 0) is 25.5 Å². The lowest BCUT2D eigenvalue weighted by molar-refractivity contribution is -0.752. The number of carbonyl (C=O) groups excluding carboxylic acids is 2. The van der Waals surface area contributed by atoms with Gasteiger partial charge >= 0.3 is 5.97 Å². The van der Waals surface area contributed by atoms with Crippen molar-refractivity contribution in [2.45, 2.75) is 26.8 Å². The van der Waals surface area contributed by atoms with Crippen LogP contribution in [0.5, 0.6) is 0 Å². The molecule has 0 saturated heterocycles. The molecule has 1 aliphatic rings. The smallest absolute Gasteiger partial charge is 0.331 e. The molecule has 34 heavy (non-hydrogen) atoms. The maximum atomic E-state index is 13.5. The Morgan fingerprint density at radius 3 is 2.76 bits per heavy atom. The van der Waals surface area contributed by atoms with Crippen LogP contribution >= 0.6 is 0 Å². The highest BCUT2D eigenvalue weighted by molar-refractivity contribution is 6.23. The third kappa shape index (κ3) is 4.24. The minimum Gasteiger partial charge on any atom is -0.464 e. The normalized spacial score (nSPS) is 12.8. The van der Waals surface area contributed by atoms with Crippen molar-refractivity contribution in [2.75, 3.05) is 12.3 Å². The molecule has 8 nitrogen and oxygen atoms in total. The van der Waals surface area contributed by atoms with Gasteiger partial charge in [-0.15, -0.1) is 9.36 Å². The number of esters is 1. The minimum absolute atomic E-state index is 0.0366. The van der Waals surface area contributed by atoms with Crippen LogP contribution in [0.3, 0.4) is 0 Å². The molecule has 0 spiro atoms. The highest BCUT2D eigenvalue weighted by Crippen LogP contribution is 2.43. The summed E-state index contributed by atoms with van der Waals surface area (Å²) in [6.45, 7) is 3.72. The highest BCUT2D eigenvalue weighted by atomic mass is 19.1. The number of rotatable bonds is 7. The largest absolute Gasteiger partial charge is 0.464 e. The van der Waals surface area contributed by atoms with Crippen LogP contribution < -0.4 is 10.4 Å². The molecule has 1 aliphatic carbocycles. The van der Waals surface area contributed by atoms with Gasteiger partial charge in [0.15, 0.2) is 19.4 Å². The lowest BCUT2D eigenvalue weighted by Crippen LogP contribution is -2.39. The summed E-state index contributed by atoms with van der Waals surface area (Å²) in [6, 6.07) is 5.44. The Morgan fingerprint density at radius 2 is 2.03 bits per heavy atom. The van der Waals surface area contributed by atoms with E-state index in [4.69, 9.17) is 10.5 Å². The Balaban J connectivity index is 1.79. The average Bonchev–Trinajstić information content (AvgIpc) is 3.31. The second-order valence-electron chi connectivity index (χ2n) is 7.78. The highest BCUT2D eigenvalue weighted by Gasteiger charge is 2.34. The second kappa shape index (κ2) is 9.38. The molecule has 0 amide bonds. The molecule has 174 valence electrons. The molecule has 0 atom stereocenters. The zero-order valence-electron chi connectivity index (χ0n) is 19.2. The number of aromatic nitrogens is 4. The van der Waals surface area contributed by atoms with Gasteiger partial charge in [0.25, 0.3) is 0 Å². The summed E-state index contributed by atoms with van der Waals surface area (Å²) in [5, 5.41) is 0. The van der Waals surface area contributed by atoms with Gasteiger partial charge in [0, 0.05) is 17.5 Å². The van der Waals surface area contributed by atoms with Crippen molar-refractivity contribution < 1.29 is 23.4 Å². The molecule has 0 radical (unpaired) electrons. The monoisotopic (exact) mass is 462 g/mol. The Kier molecular flexibility index (Phi) is 6.36. The van der Waals surface area contributed by atoms with E-state index in [1.54, 1.807) is 41.4 Å². The first-order valence-corrected chi connectivity index (χ1v) is 10.9. The van der Waals surface area contributed by atoms with E-state index in [1.165, 1.54) is 12.2 Å². The van der Waals surface area contributed by atoms with Crippen LogP contribution in [0, 0.1) is 0 Å². The van der Waals surface area contributed by atoms with Crippen molar-refractivity contribution in [2.24, 2.45) is 7.05 Å². The zero-order valence-corrected chi connectivity index (χ0v) is 19.2. The summed E-state index contributed by atoms with van der Waals surface area (Å²) in [4.78, 5) is 34.0. The predicted molar refractivity (Wildman–Crippen MR) is 124 cm³/mol. The third-order valence-electron chi connectivity index (χ3n) is 5.56. The van der Waals surface area contributed by atoms with Crippen molar-refractivity contribution in [3.63, 3.8) is 0 Å². The van der Waals surface area contributed by atoms with Crippen molar-refractivity contribution in [3.8, 4) is 22.4 Å². The van der Waals surface area contributed by atoms with Gasteiger partial charge in [-0.2, -0.15) is 0 Å². The molecule has 2 N–H and O–H groups in total. The molecule has 1 aromatic carbocycles. The van der Waals surface area contributed by atoms with Gasteiger partial charge in [-0.25, -0.2) is 19.2 Å². The lowest BCUT2D eigenvalue weighted by Gasteiger charge is -2.07. The predicted octanol–water partition coefficient (Wildman–Crippen LogP) is 3.10. The summed E-state index contributed by atoms with van der Waals surface area (Å²) in [5.74, 6) is -0.881. The number of hydrogen-bond acceptors (Lipinski definition) is 6. The number of hydrogen-bond donors (Lipinski definition) is 1. The molecule has 0 bridgehead atoms. The number of ether oxygens (including phenoxy) is 1. The van der Waals surface area contributed by atoms with Crippen molar-refractivity contribution >= 4 is 17.7 Å². The fourth-order valence-corrected chi connectivity index (χ4v) is 4.04. The van der Waals surface area contributed by atoms with E-state index < -0.39 is 0 Å². The van der Waals surface area contributed by atoms with Gasteiger partial charge in [0.05, 0.1) is 35.3 Å². The fourth-order valence-electron chi connectivity index (χ4n) is 4.04. The third-order valence-corrected chi connectivity index (χ3v) is 5.56. The van der Waals surface area contributed by atoms with Gasteiger partial charge in [-0.3, -0.25) is 4.79 Å². The number of anilines is 1. The number of ketones is 1. The summed E-state index contributed by atoms with van der Waals surface area (Å²) in [5.41, 5.74) is 10.0. The van der Waals surface area contributed by atoms with Crippen molar-refractivity contribution in [1.29, 1.82) is 0 Å². The average molecular weight is 463 g/mol. The Bertz CT molecular complexity index is 1360. The lowest BCUT2D eigenvalue weighted by atomic mass is 9.98. The number of fused-ring (bicyclic) bond motifs is 3. The van der Waals surface area contributed by atoms with Gasteiger partial charge in [0.1, 0.15) is 5.83 Å². The minimum atomic E-state index is -0.379. The Labute approximate surface area is 196 Å². The molecule has 0 unspecified atom stereocenters. The second-order valence-corrected chi connectivity index (χ2v) is 7.78. The van der Waals surface area contributed by atoms with E-state index in [2.05, 4.69) is 9.97 Å². The zero-order chi connectivity index (χ0) is 24.4. The van der Waals surface area contributed by atoms with Gasteiger partial charge in [0.2, 0.25) is 12.1 Å². The summed E-state index contributed by atoms with van der Waals surface area (Å²) < 4.78 is 22.1. The van der Waals surface area contributed by atoms with E-state index in [0.717, 1.165) is 11.1 Å². The van der Waals surface area contributed by atoms with Crippen LogP contribution in [-0.2, 0) is 29.5 Å². The molecule has 0 aliphatic heterocycles. The van der Waals surface area contributed by atoms with E-state index in [0.29, 0.717) is 34.7 Å². The van der Waals surface area contributed by atoms with Crippen LogP contribution in [0.4, 0.5) is 10.3 Å². The molecule has 0 fully saturated rings. The Morgan fingerprint density at radius 1 is 1.26 bits per heavy atom. The Hall–Kier alpha value is -4.14. The molecular formula is C25H25FN5O3+. The summed E-state index contributed by atoms with van der Waals surface area (Å²) in [7, 11) is 1.82. The molecule has 0 saturated carbocycles. The topological polar surface area (TPSA) is 104 Å². The molecular weight excluding hydrogens is 437 g/mol. The number of nitrogens with zero attached hydrogens (tertiary/aromatic N) is 4. The van der Waals surface area contributed by atoms with Crippen LogP contribution in [0.2, 0.25) is 0 Å². The maximum Gasteiger partial charge on any atom is 0.331 e. The van der Waals surface area contributed by atoms with Crippen molar-refractivity contribution in [1.82, 2.24) is 14.6 Å². The van der Waals surface area contributed by atoms with Crippen LogP contribution in [0.15, 0.2) is 54.6 Å². The maximum absolute atomic E-state index is 13.5. The number of nitrogens with two attached hydrogens (primary N) is 1. The number of halogens is 1. The first kappa shape index (κ1) is 23.0. The molecule has 3 aromatic rings. The number of allylic oxidation sites excluding steroid dienone is 4. The fraction of sp³-hybridized carbons (Fsp3) is 0.240. The van der Waals surface area contributed by atoms with Gasteiger partial charge < -0.3 is 10.5 Å². The van der Waals surface area contributed by atoms with E-state index in [9.17, 15) is 14.0 Å². The van der Waals surface area contributed by atoms with E-state index in [1.807, 2.05) is 25.5 Å². The standard InChI is InChI=1S/C25H24FN5O3/c1-4-16(26)8-6-11-19-22-23(29-25(27)28-19)21-17(9-7-10-18(21)24(22)33)15-12-30(3)31(13-15)14-20(32)34-5-2/h4,6-10,12-13H,5,11,14H2,1-3H3,(H-,27,28,29,33)/p+1. The summed E-state index contributed by atoms with van der Waals surface area (Å²) in [6.07, 6.45) is 8.19. The summed E-state index contributed by atoms with van der Waals surface area (Å²) >= 11 is 0. The number of nitrogen functional groups attached to an aromatic ring is 1. The number of benzene rings is 1. The van der Waals surface area contributed by atoms with Crippen LogP contribution in [0.1, 0.15) is 35.5 Å². The van der Waals surface area contributed by atoms with Gasteiger partial charge in [-0.1, -0.05) is 30.4 Å². The van der Waals surface area contributed by atoms with E-state index in [-0.39, 0.29) is 36.5 Å². The SMILES string of the molecule is CC=C(F)C=CCc1nc(N)nc2c1C(=O)c1cccc(-c3cn(CC(=O)OCC)[n+](C)c3)c1-2. The molecule has 4 rings (SSSR count). The number of aryl methyl sites for hydroxylation is 1. The first-order valence-electron chi connectivity index (χ1n) is 10.9. The molecule has 2 aromatic heterocycles.